The first kappa shape index (κ1) is 24.0. The number of hydrogen-bond acceptors (Lipinski definition) is 6. The van der Waals surface area contributed by atoms with Gasteiger partial charge in [0.2, 0.25) is 0 Å². The number of rotatable bonds is 6. The van der Waals surface area contributed by atoms with E-state index in [2.05, 4.69) is 21.5 Å². The maximum Gasteiger partial charge on any atom is 0.332 e. The molecule has 0 amide bonds. The van der Waals surface area contributed by atoms with Gasteiger partial charge in [0.15, 0.2) is 11.4 Å². The molecule has 0 aromatic carbocycles. The van der Waals surface area contributed by atoms with Crippen molar-refractivity contribution in [1.82, 2.24) is 23.7 Å². The highest BCUT2D eigenvalue weighted by Gasteiger charge is 2.24. The lowest BCUT2D eigenvalue weighted by molar-refractivity contribution is 0.102. The Labute approximate surface area is 191 Å². The summed E-state index contributed by atoms with van der Waals surface area (Å²) in [7, 11) is 3.02. The molecule has 172 valence electrons. The van der Waals surface area contributed by atoms with E-state index in [0.29, 0.717) is 16.4 Å². The van der Waals surface area contributed by atoms with Gasteiger partial charge >= 0.3 is 5.69 Å². The molecule has 32 heavy (non-hydrogen) atoms. The molecule has 0 aliphatic heterocycles. The molecule has 3 heterocycles. The van der Waals surface area contributed by atoms with Crippen molar-refractivity contribution in [3.05, 3.63) is 49.7 Å². The van der Waals surface area contributed by atoms with Crippen LogP contribution >= 0.6 is 11.8 Å². The summed E-state index contributed by atoms with van der Waals surface area (Å²) in [5.41, 5.74) is 1.69. The van der Waals surface area contributed by atoms with Crippen molar-refractivity contribution in [2.45, 2.75) is 64.9 Å². The highest BCUT2D eigenvalue weighted by molar-refractivity contribution is 8.00. The Hall–Kier alpha value is -2.68. The summed E-state index contributed by atoms with van der Waals surface area (Å²) in [6.07, 6.45) is 0.989. The normalized spacial score (nSPS) is 12.0. The molecule has 0 saturated heterocycles. The molecule has 0 unspecified atom stereocenters. The molecule has 0 aliphatic carbocycles. The summed E-state index contributed by atoms with van der Waals surface area (Å²) in [4.78, 5) is 47.7. The highest BCUT2D eigenvalue weighted by Crippen LogP contribution is 2.28. The van der Waals surface area contributed by atoms with Crippen LogP contribution in [-0.2, 0) is 26.1 Å². The summed E-state index contributed by atoms with van der Waals surface area (Å²) < 4.78 is 4.56. The molecular weight excluding hydrogens is 426 g/mol. The SMILES string of the molecule is CCCn1c(C)cc(C(=O)CSc2nc(C(C)(C)C)nc3c2c(=O)n(C)c(=O)n3C)c1C. The van der Waals surface area contributed by atoms with Gasteiger partial charge < -0.3 is 4.57 Å². The summed E-state index contributed by atoms with van der Waals surface area (Å²) in [6.45, 7) is 12.8. The third-order valence-corrected chi connectivity index (χ3v) is 6.57. The van der Waals surface area contributed by atoms with Gasteiger partial charge in [-0.15, -0.1) is 0 Å². The first-order chi connectivity index (χ1) is 14.9. The molecule has 0 atom stereocenters. The van der Waals surface area contributed by atoms with Gasteiger partial charge in [0, 0.05) is 43.0 Å². The molecular formula is C23H31N5O3S. The van der Waals surface area contributed by atoms with E-state index < -0.39 is 16.7 Å². The van der Waals surface area contributed by atoms with Crippen LogP contribution in [0, 0.1) is 13.8 Å². The molecule has 0 N–H and O–H groups in total. The maximum absolute atomic E-state index is 13.1. The largest absolute Gasteiger partial charge is 0.348 e. The van der Waals surface area contributed by atoms with Crippen LogP contribution in [0.2, 0.25) is 0 Å². The van der Waals surface area contributed by atoms with E-state index >= 15 is 0 Å². The van der Waals surface area contributed by atoms with Gasteiger partial charge in [-0.25, -0.2) is 14.8 Å². The van der Waals surface area contributed by atoms with E-state index in [1.54, 1.807) is 7.05 Å². The van der Waals surface area contributed by atoms with Crippen LogP contribution in [0.15, 0.2) is 20.7 Å². The van der Waals surface area contributed by atoms with Crippen LogP contribution in [0.3, 0.4) is 0 Å². The second-order valence-corrected chi connectivity index (χ2v) is 10.1. The Balaban J connectivity index is 2.09. The minimum Gasteiger partial charge on any atom is -0.348 e. The van der Waals surface area contributed by atoms with Crippen molar-refractivity contribution in [3.63, 3.8) is 0 Å². The molecule has 0 bridgehead atoms. The molecule has 3 aromatic heterocycles. The number of aryl methyl sites for hydroxylation is 2. The second kappa shape index (κ2) is 8.69. The molecule has 0 spiro atoms. The van der Waals surface area contributed by atoms with Gasteiger partial charge in [-0.1, -0.05) is 39.5 Å². The van der Waals surface area contributed by atoms with Gasteiger partial charge in [0.25, 0.3) is 5.56 Å². The third-order valence-electron chi connectivity index (χ3n) is 5.60. The fourth-order valence-electron chi connectivity index (χ4n) is 3.73. The Morgan fingerprint density at radius 3 is 2.34 bits per heavy atom. The molecule has 0 radical (unpaired) electrons. The molecule has 0 fully saturated rings. The van der Waals surface area contributed by atoms with Gasteiger partial charge in [-0.05, 0) is 26.3 Å². The number of carbonyl (C=O) groups excluding carboxylic acids is 1. The van der Waals surface area contributed by atoms with Crippen molar-refractivity contribution >= 4 is 28.6 Å². The van der Waals surface area contributed by atoms with E-state index in [-0.39, 0.29) is 22.6 Å². The van der Waals surface area contributed by atoms with E-state index in [4.69, 9.17) is 0 Å². The van der Waals surface area contributed by atoms with Crippen LogP contribution in [0.4, 0.5) is 0 Å². The first-order valence-corrected chi connectivity index (χ1v) is 11.7. The van der Waals surface area contributed by atoms with Crippen LogP contribution in [0.25, 0.3) is 11.0 Å². The lowest BCUT2D eigenvalue weighted by Crippen LogP contribution is -2.38. The smallest absolute Gasteiger partial charge is 0.332 e. The van der Waals surface area contributed by atoms with Crippen molar-refractivity contribution in [2.24, 2.45) is 14.1 Å². The first-order valence-electron chi connectivity index (χ1n) is 10.7. The second-order valence-electron chi connectivity index (χ2n) is 9.16. The number of Topliss-reactive ketones (excluding diaryl/α,β-unsaturated/α-hetero) is 1. The lowest BCUT2D eigenvalue weighted by atomic mass is 9.96. The van der Waals surface area contributed by atoms with Crippen LogP contribution in [0.5, 0.6) is 0 Å². The monoisotopic (exact) mass is 457 g/mol. The third kappa shape index (κ3) is 4.18. The summed E-state index contributed by atoms with van der Waals surface area (Å²) in [5.74, 6) is 0.637. The van der Waals surface area contributed by atoms with Gasteiger partial charge in [0.05, 0.1) is 5.75 Å². The predicted molar refractivity (Wildman–Crippen MR) is 128 cm³/mol. The average Bonchev–Trinajstić information content (AvgIpc) is 3.01. The van der Waals surface area contributed by atoms with Crippen molar-refractivity contribution in [1.29, 1.82) is 0 Å². The number of nitrogens with zero attached hydrogens (tertiary/aromatic N) is 5. The molecule has 3 aromatic rings. The number of ketones is 1. The Morgan fingerprint density at radius 2 is 1.75 bits per heavy atom. The molecule has 8 nitrogen and oxygen atoms in total. The number of aromatic nitrogens is 5. The fourth-order valence-corrected chi connectivity index (χ4v) is 4.63. The van der Waals surface area contributed by atoms with E-state index in [9.17, 15) is 14.4 Å². The van der Waals surface area contributed by atoms with Crippen molar-refractivity contribution in [3.8, 4) is 0 Å². The summed E-state index contributed by atoms with van der Waals surface area (Å²) in [6, 6.07) is 1.93. The number of carbonyl (C=O) groups is 1. The highest BCUT2D eigenvalue weighted by atomic mass is 32.2. The minimum atomic E-state index is -0.459. The number of thioether (sulfide) groups is 1. The predicted octanol–water partition coefficient (Wildman–Crippen LogP) is 3.13. The number of fused-ring (bicyclic) bond motifs is 1. The van der Waals surface area contributed by atoms with Gasteiger partial charge in [-0.2, -0.15) is 0 Å². The molecule has 9 heteroatoms. The average molecular weight is 458 g/mol. The van der Waals surface area contributed by atoms with Crippen LogP contribution < -0.4 is 11.2 Å². The molecule has 0 saturated carbocycles. The molecule has 3 rings (SSSR count). The fraction of sp³-hybridized carbons (Fsp3) is 0.522. The maximum atomic E-state index is 13.1. The van der Waals surface area contributed by atoms with Crippen LogP contribution in [0.1, 0.15) is 61.7 Å². The Morgan fingerprint density at radius 1 is 1.09 bits per heavy atom. The van der Waals surface area contributed by atoms with Crippen molar-refractivity contribution < 1.29 is 4.79 Å². The Kier molecular flexibility index (Phi) is 6.51. The molecule has 0 aliphatic rings. The zero-order valence-corrected chi connectivity index (χ0v) is 20.9. The zero-order chi connectivity index (χ0) is 24.0. The van der Waals surface area contributed by atoms with Gasteiger partial charge in [0.1, 0.15) is 16.2 Å². The quantitative estimate of drug-likeness (QED) is 0.321. The topological polar surface area (TPSA) is 91.8 Å². The summed E-state index contributed by atoms with van der Waals surface area (Å²) >= 11 is 1.22. The van der Waals surface area contributed by atoms with E-state index in [0.717, 1.165) is 28.9 Å². The minimum absolute atomic E-state index is 0.0174. The van der Waals surface area contributed by atoms with Crippen LogP contribution in [-0.4, -0.2) is 35.2 Å². The lowest BCUT2D eigenvalue weighted by Gasteiger charge is -2.19. The summed E-state index contributed by atoms with van der Waals surface area (Å²) in [5, 5.41) is 0.684. The van der Waals surface area contributed by atoms with E-state index in [1.165, 1.54) is 23.4 Å². The Bertz CT molecular complexity index is 1320. The number of hydrogen-bond donors (Lipinski definition) is 0. The van der Waals surface area contributed by atoms with E-state index in [1.807, 2.05) is 40.7 Å². The van der Waals surface area contributed by atoms with Gasteiger partial charge in [-0.3, -0.25) is 18.7 Å². The zero-order valence-electron chi connectivity index (χ0n) is 20.1. The van der Waals surface area contributed by atoms with Crippen molar-refractivity contribution in [2.75, 3.05) is 5.75 Å². The standard InChI is InChI=1S/C23H31N5O3S/c1-9-10-28-13(2)11-15(14(28)3)16(29)12-32-19-17-18(24-21(25-19)23(4,5)6)26(7)22(31)27(8)20(17)30/h11H,9-10,12H2,1-8H3.